The van der Waals surface area contributed by atoms with Gasteiger partial charge in [0, 0.05) is 9.80 Å². The third kappa shape index (κ3) is 2.64. The van der Waals surface area contributed by atoms with Crippen molar-refractivity contribution in [3.05, 3.63) is 54.0 Å². The number of thioether (sulfide) groups is 1. The van der Waals surface area contributed by atoms with Crippen LogP contribution in [0.4, 0.5) is 5.82 Å². The summed E-state index contributed by atoms with van der Waals surface area (Å²) < 4.78 is 7.76. The van der Waals surface area contributed by atoms with E-state index in [2.05, 4.69) is 15.0 Å². The molecule has 0 aliphatic carbocycles. The largest absolute Gasteiger partial charge is 0.393 e. The number of imidazole rings is 1. The van der Waals surface area contributed by atoms with Gasteiger partial charge in [-0.3, -0.25) is 4.57 Å². The number of aliphatic hydroxyl groups excluding tert-OH is 1. The molecule has 0 bridgehead atoms. The lowest BCUT2D eigenvalue weighted by atomic mass is 10.3. The number of benzene rings is 1. The Balaban J connectivity index is 1.72. The molecular weight excluding hydrogens is 326 g/mol. The van der Waals surface area contributed by atoms with Gasteiger partial charge in [0.15, 0.2) is 17.7 Å². The average Bonchev–Trinajstić information content (AvgIpc) is 3.20. The minimum absolute atomic E-state index is 0.0842. The van der Waals surface area contributed by atoms with E-state index in [9.17, 15) is 5.11 Å². The summed E-state index contributed by atoms with van der Waals surface area (Å²) in [6.07, 6.45) is 4.20. The summed E-state index contributed by atoms with van der Waals surface area (Å²) in [4.78, 5) is 14.6. The maximum Gasteiger partial charge on any atom is 0.169 e. The summed E-state index contributed by atoms with van der Waals surface area (Å²) in [6.45, 7) is -0.0842. The van der Waals surface area contributed by atoms with Crippen LogP contribution in [-0.4, -0.2) is 37.3 Å². The first-order valence-corrected chi connectivity index (χ1v) is 8.22. The number of hydrogen-bond donors (Lipinski definition) is 2. The lowest BCUT2D eigenvalue weighted by Gasteiger charge is -2.17. The summed E-state index contributed by atoms with van der Waals surface area (Å²) in [5.74, 6) is 0.330. The van der Waals surface area contributed by atoms with Gasteiger partial charge in [-0.25, -0.2) is 15.0 Å². The first-order valence-electron chi connectivity index (χ1n) is 7.40. The summed E-state index contributed by atoms with van der Waals surface area (Å²) in [6, 6.07) is 10.00. The first kappa shape index (κ1) is 15.1. The SMILES string of the molecule is Nc1ncnc2c1ncn2[C@@H]1O[C@H](CO)C=C1Sc1ccccc1. The highest BCUT2D eigenvalue weighted by Gasteiger charge is 2.30. The van der Waals surface area contributed by atoms with Crippen molar-refractivity contribution in [2.75, 3.05) is 12.3 Å². The first-order chi connectivity index (χ1) is 11.8. The van der Waals surface area contributed by atoms with E-state index in [0.717, 1.165) is 9.80 Å². The lowest BCUT2D eigenvalue weighted by molar-refractivity contribution is -0.00765. The molecule has 0 amide bonds. The van der Waals surface area contributed by atoms with E-state index in [-0.39, 0.29) is 12.7 Å². The Morgan fingerprint density at radius 3 is 2.83 bits per heavy atom. The monoisotopic (exact) mass is 341 g/mol. The van der Waals surface area contributed by atoms with Gasteiger partial charge in [-0.15, -0.1) is 0 Å². The maximum atomic E-state index is 9.47. The predicted molar refractivity (Wildman–Crippen MR) is 91.1 cm³/mol. The van der Waals surface area contributed by atoms with Crippen LogP contribution in [0, 0.1) is 0 Å². The van der Waals surface area contributed by atoms with Crippen LogP contribution in [0.3, 0.4) is 0 Å². The van der Waals surface area contributed by atoms with E-state index in [1.165, 1.54) is 6.33 Å². The number of nitrogen functional groups attached to an aromatic ring is 1. The van der Waals surface area contributed by atoms with Gasteiger partial charge in [-0.1, -0.05) is 30.0 Å². The van der Waals surface area contributed by atoms with Crippen molar-refractivity contribution >= 4 is 28.7 Å². The van der Waals surface area contributed by atoms with Gasteiger partial charge in [0.2, 0.25) is 0 Å². The van der Waals surface area contributed by atoms with E-state index in [0.29, 0.717) is 17.0 Å². The van der Waals surface area contributed by atoms with Gasteiger partial charge in [-0.2, -0.15) is 0 Å². The Labute approximate surface area is 142 Å². The molecule has 122 valence electrons. The molecule has 24 heavy (non-hydrogen) atoms. The average molecular weight is 341 g/mol. The highest BCUT2D eigenvalue weighted by atomic mass is 32.2. The smallest absolute Gasteiger partial charge is 0.169 e. The fraction of sp³-hybridized carbons (Fsp3) is 0.188. The molecule has 0 spiro atoms. The van der Waals surface area contributed by atoms with Crippen LogP contribution in [0.15, 0.2) is 58.9 Å². The third-order valence-electron chi connectivity index (χ3n) is 3.70. The molecule has 0 radical (unpaired) electrons. The number of aliphatic hydroxyl groups is 1. The zero-order valence-electron chi connectivity index (χ0n) is 12.6. The Kier molecular flexibility index (Phi) is 3.93. The summed E-state index contributed by atoms with van der Waals surface area (Å²) in [5.41, 5.74) is 6.99. The second-order valence-electron chi connectivity index (χ2n) is 5.28. The van der Waals surface area contributed by atoms with E-state index in [1.807, 2.05) is 41.0 Å². The quantitative estimate of drug-likeness (QED) is 0.748. The Hall–Kier alpha value is -2.42. The van der Waals surface area contributed by atoms with Crippen molar-refractivity contribution in [1.82, 2.24) is 19.5 Å². The summed E-state index contributed by atoms with van der Waals surface area (Å²) in [5, 5.41) is 9.47. The third-order valence-corrected chi connectivity index (χ3v) is 4.78. The molecule has 4 rings (SSSR count). The van der Waals surface area contributed by atoms with Crippen LogP contribution in [0.2, 0.25) is 0 Å². The van der Waals surface area contributed by atoms with Gasteiger partial charge in [0.05, 0.1) is 12.9 Å². The maximum absolute atomic E-state index is 9.47. The molecule has 2 atom stereocenters. The van der Waals surface area contributed by atoms with Crippen molar-refractivity contribution in [3.63, 3.8) is 0 Å². The molecule has 0 fully saturated rings. The summed E-state index contributed by atoms with van der Waals surface area (Å²) in [7, 11) is 0. The molecule has 1 aliphatic rings. The van der Waals surface area contributed by atoms with Crippen molar-refractivity contribution < 1.29 is 9.84 Å². The molecule has 3 aromatic rings. The van der Waals surface area contributed by atoms with Crippen molar-refractivity contribution in [1.29, 1.82) is 0 Å². The number of aromatic nitrogens is 4. The normalized spacial score (nSPS) is 20.5. The predicted octanol–water partition coefficient (Wildman–Crippen LogP) is 1.97. The summed E-state index contributed by atoms with van der Waals surface area (Å²) >= 11 is 1.59. The fourth-order valence-electron chi connectivity index (χ4n) is 2.59. The van der Waals surface area contributed by atoms with E-state index >= 15 is 0 Å². The number of anilines is 1. The van der Waals surface area contributed by atoms with Gasteiger partial charge in [0.25, 0.3) is 0 Å². The van der Waals surface area contributed by atoms with E-state index in [4.69, 9.17) is 10.5 Å². The molecule has 0 unspecified atom stereocenters. The second kappa shape index (κ2) is 6.23. The zero-order chi connectivity index (χ0) is 16.5. The second-order valence-corrected chi connectivity index (χ2v) is 6.42. The zero-order valence-corrected chi connectivity index (χ0v) is 13.4. The molecule has 1 aromatic carbocycles. The van der Waals surface area contributed by atoms with Crippen LogP contribution in [0.5, 0.6) is 0 Å². The fourth-order valence-corrected chi connectivity index (χ4v) is 3.64. The lowest BCUT2D eigenvalue weighted by Crippen LogP contribution is -2.16. The molecule has 1 aliphatic heterocycles. The van der Waals surface area contributed by atoms with Crippen LogP contribution in [0.1, 0.15) is 6.23 Å². The number of rotatable bonds is 4. The van der Waals surface area contributed by atoms with Crippen LogP contribution >= 0.6 is 11.8 Å². The standard InChI is InChI=1S/C16H15N5O2S/c17-14-13-15(19-8-18-14)21(9-20-13)16-12(6-10(7-22)23-16)24-11-4-2-1-3-5-11/h1-6,8-10,16,22H,7H2,(H2,17,18,19)/t10-,16+/m0/s1. The van der Waals surface area contributed by atoms with E-state index < -0.39 is 6.23 Å². The van der Waals surface area contributed by atoms with Crippen molar-refractivity contribution in [3.8, 4) is 0 Å². The topological polar surface area (TPSA) is 99.1 Å². The Morgan fingerprint density at radius 1 is 1.21 bits per heavy atom. The van der Waals surface area contributed by atoms with Crippen molar-refractivity contribution in [2.45, 2.75) is 17.2 Å². The van der Waals surface area contributed by atoms with Crippen molar-refractivity contribution in [2.24, 2.45) is 0 Å². The van der Waals surface area contributed by atoms with Gasteiger partial charge in [0.1, 0.15) is 17.9 Å². The number of nitrogens with two attached hydrogens (primary N) is 1. The van der Waals surface area contributed by atoms with E-state index in [1.54, 1.807) is 18.1 Å². The highest BCUT2D eigenvalue weighted by molar-refractivity contribution is 8.03. The molecule has 7 nitrogen and oxygen atoms in total. The minimum atomic E-state index is -0.411. The highest BCUT2D eigenvalue weighted by Crippen LogP contribution is 2.41. The Morgan fingerprint density at radius 2 is 2.04 bits per heavy atom. The molecule has 2 aromatic heterocycles. The van der Waals surface area contributed by atoms with Gasteiger partial charge in [-0.05, 0) is 18.2 Å². The molecular formula is C16H15N5O2S. The number of hydrogen-bond acceptors (Lipinski definition) is 7. The molecule has 8 heteroatoms. The van der Waals surface area contributed by atoms with Crippen LogP contribution in [0.25, 0.3) is 11.2 Å². The number of nitrogens with zero attached hydrogens (tertiary/aromatic N) is 4. The molecule has 0 saturated carbocycles. The molecule has 3 N–H and O–H groups in total. The molecule has 0 saturated heterocycles. The van der Waals surface area contributed by atoms with Crippen LogP contribution in [-0.2, 0) is 4.74 Å². The molecule has 3 heterocycles. The van der Waals surface area contributed by atoms with Gasteiger partial charge < -0.3 is 15.6 Å². The minimum Gasteiger partial charge on any atom is -0.393 e. The number of fused-ring (bicyclic) bond motifs is 1. The van der Waals surface area contributed by atoms with Gasteiger partial charge >= 0.3 is 0 Å². The Bertz CT molecular complexity index is 896. The number of ether oxygens (including phenoxy) is 1. The van der Waals surface area contributed by atoms with Crippen LogP contribution < -0.4 is 5.73 Å².